The molecular weight excluding hydrogens is 363 g/mol. The summed E-state index contributed by atoms with van der Waals surface area (Å²) in [5.41, 5.74) is 0.221. The molecule has 0 atom stereocenters. The number of carbonyl (C=O) groups is 1. The van der Waals surface area contributed by atoms with Gasteiger partial charge < -0.3 is 10.1 Å². The zero-order valence-electron chi connectivity index (χ0n) is 15.1. The molecule has 0 aliphatic heterocycles. The number of nitriles is 1. The van der Waals surface area contributed by atoms with Crippen LogP contribution in [0.4, 0.5) is 4.39 Å². The summed E-state index contributed by atoms with van der Waals surface area (Å²) in [4.78, 5) is 29.3. The molecule has 140 valence electrons. The van der Waals surface area contributed by atoms with Gasteiger partial charge in [-0.15, -0.1) is 0 Å². The first-order valence-corrected chi connectivity index (χ1v) is 8.24. The second-order valence-corrected chi connectivity index (χ2v) is 5.83. The first kappa shape index (κ1) is 18.8. The minimum Gasteiger partial charge on any atom is -0.438 e. The number of rotatable bonds is 4. The maximum Gasteiger partial charge on any atom is 0.269 e. The van der Waals surface area contributed by atoms with E-state index in [-0.39, 0.29) is 22.8 Å². The Labute approximate surface area is 159 Å². The van der Waals surface area contributed by atoms with Crippen molar-refractivity contribution in [2.75, 3.05) is 7.05 Å². The van der Waals surface area contributed by atoms with Crippen LogP contribution in [0.1, 0.15) is 11.1 Å². The molecule has 3 aromatic rings. The highest BCUT2D eigenvalue weighted by Crippen LogP contribution is 2.24. The van der Waals surface area contributed by atoms with Crippen molar-refractivity contribution < 1.29 is 13.9 Å². The number of aryl methyl sites for hydroxylation is 1. The summed E-state index contributed by atoms with van der Waals surface area (Å²) in [7, 11) is 1.37. The molecule has 2 aromatic heterocycles. The quantitative estimate of drug-likeness (QED) is 0.556. The van der Waals surface area contributed by atoms with Crippen molar-refractivity contribution in [3.8, 4) is 17.7 Å². The predicted octanol–water partition coefficient (Wildman–Crippen LogP) is 2.59. The molecule has 0 aliphatic carbocycles. The predicted molar refractivity (Wildman–Crippen MR) is 100 cm³/mol. The molecule has 0 saturated heterocycles. The number of likely N-dealkylation sites (N-methyl/N-ethyl adjacent to an activating group) is 1. The lowest BCUT2D eigenvalue weighted by Crippen LogP contribution is -2.22. The summed E-state index contributed by atoms with van der Waals surface area (Å²) in [6.07, 6.45) is 2.66. The van der Waals surface area contributed by atoms with Crippen LogP contribution in [0, 0.1) is 24.1 Å². The van der Waals surface area contributed by atoms with Crippen molar-refractivity contribution in [1.29, 1.82) is 5.26 Å². The summed E-state index contributed by atoms with van der Waals surface area (Å²) in [5.74, 6) is -0.938. The van der Waals surface area contributed by atoms with Crippen molar-refractivity contribution in [3.63, 3.8) is 0 Å². The first-order chi connectivity index (χ1) is 13.4. The van der Waals surface area contributed by atoms with E-state index in [1.165, 1.54) is 41.9 Å². The van der Waals surface area contributed by atoms with E-state index in [1.807, 2.05) is 0 Å². The third kappa shape index (κ3) is 3.59. The van der Waals surface area contributed by atoms with Gasteiger partial charge in [-0.2, -0.15) is 10.2 Å². The fourth-order valence-electron chi connectivity index (χ4n) is 2.54. The average Bonchev–Trinajstić information content (AvgIpc) is 2.70. The van der Waals surface area contributed by atoms with Crippen LogP contribution < -0.4 is 15.6 Å². The number of nitrogens with one attached hydrogen (secondary N) is 1. The lowest BCUT2D eigenvalue weighted by molar-refractivity contribution is -0.116. The third-order valence-electron chi connectivity index (χ3n) is 3.96. The van der Waals surface area contributed by atoms with E-state index in [2.05, 4.69) is 10.3 Å². The molecule has 28 heavy (non-hydrogen) atoms. The molecule has 0 radical (unpaired) electrons. The third-order valence-corrected chi connectivity index (χ3v) is 3.96. The van der Waals surface area contributed by atoms with Gasteiger partial charge in [-0.1, -0.05) is 6.07 Å². The number of aromatic nitrogens is 2. The Kier molecular flexibility index (Phi) is 5.18. The summed E-state index contributed by atoms with van der Waals surface area (Å²) in [6.45, 7) is 1.78. The summed E-state index contributed by atoms with van der Waals surface area (Å²) < 4.78 is 20.2. The Balaban J connectivity index is 2.27. The molecule has 1 amide bonds. The van der Waals surface area contributed by atoms with Crippen LogP contribution in [-0.4, -0.2) is 22.3 Å². The van der Waals surface area contributed by atoms with Gasteiger partial charge in [0, 0.05) is 13.2 Å². The molecular formula is C20H15FN4O3. The minimum absolute atomic E-state index is 0.0763. The zero-order chi connectivity index (χ0) is 20.3. The van der Waals surface area contributed by atoms with Gasteiger partial charge in [-0.25, -0.2) is 4.39 Å². The van der Waals surface area contributed by atoms with Gasteiger partial charge in [0.05, 0.1) is 0 Å². The number of amides is 1. The standard InChI is InChI=1S/C20H15FN4O3/c1-12-4-3-9-25-17(12)24-19(28-15-7-5-14(21)6-8-15)16(20(25)27)10-13(11-22)18(26)23-2/h3-10H,1-2H3,(H,23,26). The molecule has 0 unspecified atom stereocenters. The Morgan fingerprint density at radius 1 is 1.32 bits per heavy atom. The molecule has 7 nitrogen and oxygen atoms in total. The van der Waals surface area contributed by atoms with E-state index >= 15 is 0 Å². The van der Waals surface area contributed by atoms with Crippen LogP contribution in [0.15, 0.2) is 53.0 Å². The highest BCUT2D eigenvalue weighted by molar-refractivity contribution is 6.01. The van der Waals surface area contributed by atoms with Crippen molar-refractivity contribution in [2.45, 2.75) is 6.92 Å². The van der Waals surface area contributed by atoms with Crippen molar-refractivity contribution in [1.82, 2.24) is 14.7 Å². The van der Waals surface area contributed by atoms with Gasteiger partial charge in [0.25, 0.3) is 11.5 Å². The monoisotopic (exact) mass is 378 g/mol. The number of carbonyl (C=O) groups excluding carboxylic acids is 1. The molecule has 0 bridgehead atoms. The van der Waals surface area contributed by atoms with E-state index in [1.54, 1.807) is 25.1 Å². The number of halogens is 1. The van der Waals surface area contributed by atoms with E-state index in [4.69, 9.17) is 4.74 Å². The fourth-order valence-corrected chi connectivity index (χ4v) is 2.54. The second kappa shape index (κ2) is 7.72. The maximum absolute atomic E-state index is 13.2. The van der Waals surface area contributed by atoms with Crippen LogP contribution in [-0.2, 0) is 4.79 Å². The first-order valence-electron chi connectivity index (χ1n) is 8.24. The average molecular weight is 378 g/mol. The van der Waals surface area contributed by atoms with Gasteiger partial charge in [0.2, 0.25) is 5.88 Å². The Hall–Kier alpha value is -3.99. The van der Waals surface area contributed by atoms with Gasteiger partial charge in [-0.3, -0.25) is 14.0 Å². The van der Waals surface area contributed by atoms with Crippen LogP contribution in [0.25, 0.3) is 11.7 Å². The largest absolute Gasteiger partial charge is 0.438 e. The fraction of sp³-hybridized carbons (Fsp3) is 0.100. The lowest BCUT2D eigenvalue weighted by Gasteiger charge is -2.11. The van der Waals surface area contributed by atoms with E-state index < -0.39 is 17.3 Å². The van der Waals surface area contributed by atoms with Gasteiger partial charge in [0.1, 0.15) is 34.4 Å². The Morgan fingerprint density at radius 3 is 2.68 bits per heavy atom. The smallest absolute Gasteiger partial charge is 0.269 e. The molecule has 0 fully saturated rings. The number of nitrogens with zero attached hydrogens (tertiary/aromatic N) is 3. The number of fused-ring (bicyclic) bond motifs is 1. The number of benzene rings is 1. The zero-order valence-corrected chi connectivity index (χ0v) is 15.1. The minimum atomic E-state index is -0.649. The van der Waals surface area contributed by atoms with Crippen LogP contribution >= 0.6 is 0 Å². The van der Waals surface area contributed by atoms with Gasteiger partial charge in [-0.05, 0) is 48.9 Å². The second-order valence-electron chi connectivity index (χ2n) is 5.83. The van der Waals surface area contributed by atoms with Crippen molar-refractivity contribution >= 4 is 17.6 Å². The number of hydrogen-bond donors (Lipinski definition) is 1. The summed E-state index contributed by atoms with van der Waals surface area (Å²) in [5, 5.41) is 11.6. The Morgan fingerprint density at radius 2 is 2.04 bits per heavy atom. The topological polar surface area (TPSA) is 96.5 Å². The van der Waals surface area contributed by atoms with Gasteiger partial charge in [0.15, 0.2) is 0 Å². The molecule has 3 rings (SSSR count). The molecule has 0 spiro atoms. The number of pyridine rings is 1. The van der Waals surface area contributed by atoms with E-state index in [9.17, 15) is 19.2 Å². The highest BCUT2D eigenvalue weighted by atomic mass is 19.1. The molecule has 1 aromatic carbocycles. The van der Waals surface area contributed by atoms with Crippen molar-refractivity contribution in [3.05, 3.63) is 75.5 Å². The SMILES string of the molecule is CNC(=O)C(C#N)=Cc1c(Oc2ccc(F)cc2)nc2c(C)cccn2c1=O. The Bertz CT molecular complexity index is 1190. The van der Waals surface area contributed by atoms with Crippen molar-refractivity contribution in [2.24, 2.45) is 0 Å². The molecule has 2 heterocycles. The normalized spacial score (nSPS) is 11.1. The number of hydrogen-bond acceptors (Lipinski definition) is 5. The summed E-state index contributed by atoms with van der Waals surface area (Å²) in [6, 6.07) is 10.4. The van der Waals surface area contributed by atoms with Crippen LogP contribution in [0.5, 0.6) is 11.6 Å². The summed E-state index contributed by atoms with van der Waals surface area (Å²) >= 11 is 0. The molecule has 1 N–H and O–H groups in total. The molecule has 0 saturated carbocycles. The van der Waals surface area contributed by atoms with Crippen LogP contribution in [0.2, 0.25) is 0 Å². The molecule has 8 heteroatoms. The molecule has 0 aliphatic rings. The maximum atomic E-state index is 13.2. The van der Waals surface area contributed by atoms with Gasteiger partial charge >= 0.3 is 0 Å². The lowest BCUT2D eigenvalue weighted by atomic mass is 10.1. The van der Waals surface area contributed by atoms with Crippen LogP contribution in [0.3, 0.4) is 0 Å². The van der Waals surface area contributed by atoms with E-state index in [0.29, 0.717) is 5.65 Å². The number of ether oxygens (including phenoxy) is 1. The van der Waals surface area contributed by atoms with E-state index in [0.717, 1.165) is 11.6 Å². The highest BCUT2D eigenvalue weighted by Gasteiger charge is 2.17.